The first-order valence-corrected chi connectivity index (χ1v) is 12.7. The molecule has 5 rings (SSSR count). The van der Waals surface area contributed by atoms with Crippen LogP contribution in [-0.4, -0.2) is 74.6 Å². The second-order valence-corrected chi connectivity index (χ2v) is 9.93. The van der Waals surface area contributed by atoms with Crippen molar-refractivity contribution in [2.24, 2.45) is 0 Å². The lowest BCUT2D eigenvalue weighted by Gasteiger charge is -2.26. The first kappa shape index (κ1) is 22.5. The van der Waals surface area contributed by atoms with Crippen molar-refractivity contribution in [3.8, 4) is 17.1 Å². The number of piperazine rings is 1. The molecule has 0 atom stereocenters. The van der Waals surface area contributed by atoms with Crippen LogP contribution in [0.1, 0.15) is 20.3 Å². The Kier molecular flexibility index (Phi) is 5.83. The van der Waals surface area contributed by atoms with Gasteiger partial charge in [-0.3, -0.25) is 4.57 Å². The van der Waals surface area contributed by atoms with Gasteiger partial charge in [0.15, 0.2) is 11.3 Å². The molecular formula is C21H26N8O4S. The molecule has 4 heterocycles. The lowest BCUT2D eigenvalue weighted by atomic mass is 10.2. The van der Waals surface area contributed by atoms with Gasteiger partial charge in [-0.2, -0.15) is 4.31 Å². The zero-order valence-corrected chi connectivity index (χ0v) is 19.8. The number of nitrogens with one attached hydrogen (secondary N) is 2. The Labute approximate surface area is 195 Å². The van der Waals surface area contributed by atoms with E-state index in [1.807, 2.05) is 13.8 Å². The highest BCUT2D eigenvalue weighted by Crippen LogP contribution is 2.33. The second kappa shape index (κ2) is 8.81. The average molecular weight is 487 g/mol. The lowest BCUT2D eigenvalue weighted by Crippen LogP contribution is -2.46. The summed E-state index contributed by atoms with van der Waals surface area (Å²) in [6, 6.07) is 4.77. The van der Waals surface area contributed by atoms with Crippen LogP contribution in [0.3, 0.4) is 0 Å². The van der Waals surface area contributed by atoms with Gasteiger partial charge in [0.05, 0.1) is 17.1 Å². The van der Waals surface area contributed by atoms with E-state index >= 15 is 0 Å². The van der Waals surface area contributed by atoms with E-state index in [-0.39, 0.29) is 10.6 Å². The fraction of sp³-hybridized carbons (Fsp3) is 0.429. The quantitative estimate of drug-likeness (QED) is 0.392. The molecule has 180 valence electrons. The third-order valence-electron chi connectivity index (χ3n) is 5.82. The van der Waals surface area contributed by atoms with E-state index in [0.717, 1.165) is 6.42 Å². The summed E-state index contributed by atoms with van der Waals surface area (Å²) in [4.78, 5) is 21.0. The van der Waals surface area contributed by atoms with Crippen molar-refractivity contribution in [3.05, 3.63) is 35.0 Å². The van der Waals surface area contributed by atoms with Crippen LogP contribution in [0.15, 0.2) is 34.2 Å². The van der Waals surface area contributed by atoms with Crippen molar-refractivity contribution < 1.29 is 13.2 Å². The number of imidazole rings is 1. The largest absolute Gasteiger partial charge is 0.493 e. The third-order valence-corrected chi connectivity index (χ3v) is 7.71. The van der Waals surface area contributed by atoms with E-state index in [4.69, 9.17) is 9.72 Å². The summed E-state index contributed by atoms with van der Waals surface area (Å²) in [5.74, 6) is 0.874. The lowest BCUT2D eigenvalue weighted by molar-refractivity contribution is 0.341. The summed E-state index contributed by atoms with van der Waals surface area (Å²) in [6.45, 7) is 6.71. The maximum atomic E-state index is 13.3. The normalized spacial score (nSPS) is 15.4. The summed E-state index contributed by atoms with van der Waals surface area (Å²) in [7, 11) is -3.69. The number of aromatic nitrogens is 6. The predicted octanol–water partition coefficient (Wildman–Crippen LogP) is 0.837. The average Bonchev–Trinajstić information content (AvgIpc) is 3.50. The maximum absolute atomic E-state index is 13.3. The first-order valence-electron chi connectivity index (χ1n) is 11.3. The van der Waals surface area contributed by atoms with Crippen molar-refractivity contribution in [1.82, 2.24) is 38.8 Å². The van der Waals surface area contributed by atoms with Crippen LogP contribution < -0.4 is 15.7 Å². The Morgan fingerprint density at radius 3 is 2.68 bits per heavy atom. The van der Waals surface area contributed by atoms with Crippen molar-refractivity contribution in [1.29, 1.82) is 0 Å². The fourth-order valence-electron chi connectivity index (χ4n) is 4.20. The number of hydrogen-bond acceptors (Lipinski definition) is 8. The molecule has 12 nitrogen and oxygen atoms in total. The molecule has 0 bridgehead atoms. The second-order valence-electron chi connectivity index (χ2n) is 7.99. The number of ether oxygens (including phenoxy) is 1. The Balaban J connectivity index is 1.71. The number of fused-ring (bicyclic) bond motifs is 3. The number of sulfonamides is 1. The van der Waals surface area contributed by atoms with Crippen LogP contribution in [0, 0.1) is 0 Å². The monoisotopic (exact) mass is 486 g/mol. The molecule has 1 aromatic carbocycles. The Morgan fingerprint density at radius 2 is 1.94 bits per heavy atom. The molecule has 0 saturated carbocycles. The van der Waals surface area contributed by atoms with Gasteiger partial charge in [0.1, 0.15) is 23.4 Å². The van der Waals surface area contributed by atoms with E-state index < -0.39 is 10.0 Å². The molecule has 4 aromatic rings. The van der Waals surface area contributed by atoms with Gasteiger partial charge in [-0.15, -0.1) is 10.2 Å². The molecule has 0 radical (unpaired) electrons. The number of hydrogen-bond donors (Lipinski definition) is 2. The van der Waals surface area contributed by atoms with E-state index in [9.17, 15) is 13.2 Å². The van der Waals surface area contributed by atoms with Gasteiger partial charge in [-0.25, -0.2) is 22.6 Å². The number of rotatable bonds is 7. The molecule has 13 heteroatoms. The van der Waals surface area contributed by atoms with Crippen molar-refractivity contribution in [3.63, 3.8) is 0 Å². The van der Waals surface area contributed by atoms with Gasteiger partial charge in [-0.1, -0.05) is 6.92 Å². The molecule has 1 aliphatic heterocycles. The third kappa shape index (κ3) is 3.65. The molecule has 2 N–H and O–H groups in total. The summed E-state index contributed by atoms with van der Waals surface area (Å²) >= 11 is 0. The molecule has 0 unspecified atom stereocenters. The SMILES string of the molecule is CCCn1c(=O)n2cnnc2c2[nH]c(-c3cc(S(=O)(=O)N4CCNCC4)ccc3OCC)nc21. The summed E-state index contributed by atoms with van der Waals surface area (Å²) < 4.78 is 36.8. The van der Waals surface area contributed by atoms with Gasteiger partial charge in [0.25, 0.3) is 0 Å². The Hall–Kier alpha value is -3.29. The van der Waals surface area contributed by atoms with Gasteiger partial charge in [0.2, 0.25) is 10.0 Å². The number of nitrogens with zero attached hydrogens (tertiary/aromatic N) is 6. The number of H-pyrrole nitrogens is 1. The fourth-order valence-corrected chi connectivity index (χ4v) is 5.67. The van der Waals surface area contributed by atoms with Crippen LogP contribution in [0.25, 0.3) is 28.2 Å². The zero-order chi connectivity index (χ0) is 23.9. The number of aryl methyl sites for hydroxylation is 1. The highest BCUT2D eigenvalue weighted by atomic mass is 32.2. The van der Waals surface area contributed by atoms with Crippen LogP contribution >= 0.6 is 0 Å². The first-order chi connectivity index (χ1) is 16.5. The minimum absolute atomic E-state index is 0.159. The minimum Gasteiger partial charge on any atom is -0.493 e. The van der Waals surface area contributed by atoms with E-state index in [1.54, 1.807) is 22.8 Å². The topological polar surface area (TPSA) is 140 Å². The van der Waals surface area contributed by atoms with Gasteiger partial charge < -0.3 is 15.0 Å². The molecule has 3 aromatic heterocycles. The highest BCUT2D eigenvalue weighted by molar-refractivity contribution is 7.89. The number of benzene rings is 1. The summed E-state index contributed by atoms with van der Waals surface area (Å²) in [5.41, 5.74) is 1.53. The molecular weight excluding hydrogens is 460 g/mol. The Bertz CT molecular complexity index is 1520. The molecule has 0 amide bonds. The summed E-state index contributed by atoms with van der Waals surface area (Å²) in [5, 5.41) is 11.1. The van der Waals surface area contributed by atoms with Crippen molar-refractivity contribution >= 4 is 26.8 Å². The van der Waals surface area contributed by atoms with E-state index in [0.29, 0.717) is 73.3 Å². The predicted molar refractivity (Wildman–Crippen MR) is 125 cm³/mol. The van der Waals surface area contributed by atoms with Crippen LogP contribution in [0.2, 0.25) is 0 Å². The van der Waals surface area contributed by atoms with Crippen LogP contribution in [-0.2, 0) is 16.6 Å². The smallest absolute Gasteiger partial charge is 0.336 e. The van der Waals surface area contributed by atoms with E-state index in [2.05, 4.69) is 20.5 Å². The standard InChI is InChI=1S/C21H26N8O4S/c1-3-9-28-19-17(20-26-23-13-29(20)21(28)30)24-18(25-19)15-12-14(5-6-16(15)33-4-2)34(31,32)27-10-7-22-8-11-27/h5-6,12-13,22H,3-4,7-11H2,1-2H3,(H,24,25). The van der Waals surface area contributed by atoms with E-state index in [1.165, 1.54) is 15.0 Å². The van der Waals surface area contributed by atoms with Gasteiger partial charge in [0, 0.05) is 32.7 Å². The highest BCUT2D eigenvalue weighted by Gasteiger charge is 2.28. The molecule has 0 aliphatic carbocycles. The maximum Gasteiger partial charge on any atom is 0.336 e. The molecule has 1 fully saturated rings. The molecule has 1 saturated heterocycles. The molecule has 0 spiro atoms. The zero-order valence-electron chi connectivity index (χ0n) is 19.0. The van der Waals surface area contributed by atoms with Crippen LogP contribution in [0.5, 0.6) is 5.75 Å². The van der Waals surface area contributed by atoms with Crippen molar-refractivity contribution in [2.45, 2.75) is 31.7 Å². The Morgan fingerprint density at radius 1 is 1.15 bits per heavy atom. The molecule has 1 aliphatic rings. The van der Waals surface area contributed by atoms with Crippen molar-refractivity contribution in [2.75, 3.05) is 32.8 Å². The van der Waals surface area contributed by atoms with Gasteiger partial charge in [-0.05, 0) is 31.5 Å². The van der Waals surface area contributed by atoms with Gasteiger partial charge >= 0.3 is 5.69 Å². The van der Waals surface area contributed by atoms with Crippen LogP contribution in [0.4, 0.5) is 0 Å². The number of aromatic amines is 1. The minimum atomic E-state index is -3.69. The molecule has 34 heavy (non-hydrogen) atoms. The summed E-state index contributed by atoms with van der Waals surface area (Å²) in [6.07, 6.45) is 2.10.